The Hall–Kier alpha value is -4.85. The summed E-state index contributed by atoms with van der Waals surface area (Å²) in [4.78, 5) is 47.0. The molecule has 0 aliphatic heterocycles. The zero-order chi connectivity index (χ0) is 24.5. The van der Waals surface area contributed by atoms with Crippen LogP contribution < -0.4 is 5.56 Å². The zero-order valence-electron chi connectivity index (χ0n) is 19.0. The number of carbonyl (C=O) groups excluding carboxylic acids is 1. The number of nitrogens with zero attached hydrogens (tertiary/aromatic N) is 5. The Bertz CT molecular complexity index is 1440. The Morgan fingerprint density at radius 3 is 1.66 bits per heavy atom. The first-order valence-corrected chi connectivity index (χ1v) is 10.9. The van der Waals surface area contributed by atoms with Crippen molar-refractivity contribution < 1.29 is 4.79 Å². The van der Waals surface area contributed by atoms with E-state index >= 15 is 0 Å². The molecule has 5 heterocycles. The van der Waals surface area contributed by atoms with Crippen LogP contribution in [0.2, 0.25) is 0 Å². The maximum absolute atomic E-state index is 12.9. The normalized spacial score (nSPS) is 10.2. The van der Waals surface area contributed by atoms with Crippen LogP contribution >= 0.6 is 0 Å². The molecule has 0 amide bonds. The van der Waals surface area contributed by atoms with E-state index in [9.17, 15) is 9.59 Å². The van der Waals surface area contributed by atoms with Gasteiger partial charge in [0.05, 0.1) is 11.3 Å². The molecule has 1 N–H and O–H groups in total. The molecule has 0 saturated heterocycles. The van der Waals surface area contributed by atoms with E-state index in [0.717, 1.165) is 22.3 Å². The minimum Gasteiger partial charge on any atom is -0.306 e. The molecule has 0 radical (unpaired) electrons. The first kappa shape index (κ1) is 23.3. The Morgan fingerprint density at radius 2 is 1.14 bits per heavy atom. The quantitative estimate of drug-likeness (QED) is 0.417. The van der Waals surface area contributed by atoms with E-state index in [4.69, 9.17) is 4.98 Å². The third-order valence-electron chi connectivity index (χ3n) is 5.00. The summed E-state index contributed by atoms with van der Waals surface area (Å²) < 4.78 is 0. The van der Waals surface area contributed by atoms with Gasteiger partial charge in [-0.15, -0.1) is 0 Å². The SMILES string of the molecule is CC(=O)Cc1ccncc1.O=c1[nH]c(-c2ccncc2)nc(-c2ccncc2)c1-c1ccncc1. The summed E-state index contributed by atoms with van der Waals surface area (Å²) in [5.41, 5.74) is 4.31. The fraction of sp³-hybridized carbons (Fsp3) is 0.0741. The van der Waals surface area contributed by atoms with Gasteiger partial charge in [-0.05, 0) is 66.6 Å². The minimum atomic E-state index is -0.208. The van der Waals surface area contributed by atoms with E-state index in [1.807, 2.05) is 24.3 Å². The van der Waals surface area contributed by atoms with Gasteiger partial charge < -0.3 is 4.98 Å². The lowest BCUT2D eigenvalue weighted by atomic mass is 10.0. The Labute approximate surface area is 201 Å². The maximum atomic E-state index is 12.9. The number of Topliss-reactive ketones (excluding diaryl/α,β-unsaturated/α-hetero) is 1. The Balaban J connectivity index is 0.000000243. The second-order valence-electron chi connectivity index (χ2n) is 7.58. The van der Waals surface area contributed by atoms with Crippen LogP contribution in [0.1, 0.15) is 12.5 Å². The van der Waals surface area contributed by atoms with Crippen LogP contribution in [0.25, 0.3) is 33.8 Å². The standard InChI is InChI=1S/C19H13N5O.C8H9NO/c25-19-16(13-1-7-20-8-2-13)17(14-3-9-21-10-4-14)23-18(24-19)15-5-11-22-12-6-15;1-7(10)6-8-2-4-9-5-3-8/h1-12H,(H,23,24,25);2-5H,6H2,1H3. The van der Waals surface area contributed by atoms with Crippen molar-refractivity contribution >= 4 is 5.78 Å². The van der Waals surface area contributed by atoms with Crippen LogP contribution in [-0.4, -0.2) is 35.7 Å². The zero-order valence-corrected chi connectivity index (χ0v) is 19.0. The van der Waals surface area contributed by atoms with Crippen LogP contribution in [0.4, 0.5) is 0 Å². The Morgan fingerprint density at radius 1 is 0.686 bits per heavy atom. The van der Waals surface area contributed by atoms with Gasteiger partial charge >= 0.3 is 0 Å². The van der Waals surface area contributed by atoms with Crippen molar-refractivity contribution in [2.24, 2.45) is 0 Å². The second kappa shape index (κ2) is 11.3. The molecule has 35 heavy (non-hydrogen) atoms. The average Bonchev–Trinajstić information content (AvgIpc) is 2.90. The number of aromatic amines is 1. The van der Waals surface area contributed by atoms with Gasteiger partial charge in [0.25, 0.3) is 5.56 Å². The van der Waals surface area contributed by atoms with Crippen molar-refractivity contribution in [1.82, 2.24) is 29.9 Å². The first-order valence-electron chi connectivity index (χ1n) is 10.9. The van der Waals surface area contributed by atoms with Gasteiger partial charge in [0.15, 0.2) is 0 Å². The number of nitrogens with one attached hydrogen (secondary N) is 1. The van der Waals surface area contributed by atoms with Crippen LogP contribution in [0.15, 0.2) is 103 Å². The number of hydrogen-bond donors (Lipinski definition) is 1. The number of carbonyl (C=O) groups is 1. The van der Waals surface area contributed by atoms with E-state index < -0.39 is 0 Å². The van der Waals surface area contributed by atoms with E-state index in [1.165, 1.54) is 0 Å². The molecule has 0 aliphatic rings. The third-order valence-corrected chi connectivity index (χ3v) is 5.00. The van der Waals surface area contributed by atoms with Gasteiger partial charge in [0.1, 0.15) is 11.6 Å². The van der Waals surface area contributed by atoms with Crippen LogP contribution in [-0.2, 0) is 11.2 Å². The molecule has 8 nitrogen and oxygen atoms in total. The van der Waals surface area contributed by atoms with Gasteiger partial charge in [-0.1, -0.05) is 0 Å². The number of rotatable bonds is 5. The van der Waals surface area contributed by atoms with Gasteiger partial charge in [0, 0.05) is 67.1 Å². The highest BCUT2D eigenvalue weighted by molar-refractivity contribution is 5.81. The highest BCUT2D eigenvalue weighted by atomic mass is 16.1. The van der Waals surface area contributed by atoms with Crippen LogP contribution in [0.5, 0.6) is 0 Å². The maximum Gasteiger partial charge on any atom is 0.259 e. The molecule has 0 saturated carbocycles. The molecule has 0 fully saturated rings. The molecular formula is C27H22N6O2. The predicted molar refractivity (Wildman–Crippen MR) is 133 cm³/mol. The van der Waals surface area contributed by atoms with Crippen molar-refractivity contribution in [1.29, 1.82) is 0 Å². The second-order valence-corrected chi connectivity index (χ2v) is 7.58. The van der Waals surface area contributed by atoms with Gasteiger partial charge in [-0.3, -0.25) is 29.5 Å². The van der Waals surface area contributed by atoms with Crippen molar-refractivity contribution in [3.8, 4) is 33.8 Å². The lowest BCUT2D eigenvalue weighted by molar-refractivity contribution is -0.116. The highest BCUT2D eigenvalue weighted by Gasteiger charge is 2.16. The molecule has 0 spiro atoms. The smallest absolute Gasteiger partial charge is 0.259 e. The molecule has 5 aromatic rings. The van der Waals surface area contributed by atoms with Gasteiger partial charge in [0.2, 0.25) is 0 Å². The summed E-state index contributed by atoms with van der Waals surface area (Å²) in [6, 6.07) is 14.6. The summed E-state index contributed by atoms with van der Waals surface area (Å²) in [5, 5.41) is 0. The number of hydrogen-bond acceptors (Lipinski definition) is 7. The number of pyridine rings is 4. The summed E-state index contributed by atoms with van der Waals surface area (Å²) >= 11 is 0. The molecule has 5 aromatic heterocycles. The fourth-order valence-corrected chi connectivity index (χ4v) is 3.41. The predicted octanol–water partition coefficient (Wildman–Crippen LogP) is 4.17. The van der Waals surface area contributed by atoms with E-state index in [2.05, 4.69) is 24.9 Å². The largest absolute Gasteiger partial charge is 0.306 e. The number of aromatic nitrogens is 6. The highest BCUT2D eigenvalue weighted by Crippen LogP contribution is 2.28. The van der Waals surface area contributed by atoms with Crippen LogP contribution in [0, 0.1) is 0 Å². The lowest BCUT2D eigenvalue weighted by Crippen LogP contribution is -2.14. The summed E-state index contributed by atoms with van der Waals surface area (Å²) in [7, 11) is 0. The summed E-state index contributed by atoms with van der Waals surface area (Å²) in [6.45, 7) is 1.58. The lowest BCUT2D eigenvalue weighted by Gasteiger charge is -2.10. The van der Waals surface area contributed by atoms with Crippen LogP contribution in [0.3, 0.4) is 0 Å². The topological polar surface area (TPSA) is 114 Å². The summed E-state index contributed by atoms with van der Waals surface area (Å²) in [5.74, 6) is 0.684. The fourth-order valence-electron chi connectivity index (χ4n) is 3.41. The summed E-state index contributed by atoms with van der Waals surface area (Å²) in [6.07, 6.45) is 13.9. The van der Waals surface area contributed by atoms with E-state index in [-0.39, 0.29) is 11.3 Å². The molecule has 0 aromatic carbocycles. The van der Waals surface area contributed by atoms with Crippen molar-refractivity contribution in [3.63, 3.8) is 0 Å². The molecule has 0 atom stereocenters. The van der Waals surface area contributed by atoms with E-state index in [1.54, 1.807) is 80.8 Å². The van der Waals surface area contributed by atoms with Gasteiger partial charge in [-0.2, -0.15) is 0 Å². The molecular weight excluding hydrogens is 440 g/mol. The van der Waals surface area contributed by atoms with Gasteiger partial charge in [-0.25, -0.2) is 4.98 Å². The first-order chi connectivity index (χ1) is 17.1. The number of ketones is 1. The molecule has 0 unspecified atom stereocenters. The number of H-pyrrole nitrogens is 1. The molecule has 172 valence electrons. The van der Waals surface area contributed by atoms with Crippen molar-refractivity contribution in [2.45, 2.75) is 13.3 Å². The van der Waals surface area contributed by atoms with Crippen molar-refractivity contribution in [2.75, 3.05) is 0 Å². The average molecular weight is 463 g/mol. The van der Waals surface area contributed by atoms with E-state index in [0.29, 0.717) is 23.5 Å². The Kier molecular flexibility index (Phi) is 7.55. The minimum absolute atomic E-state index is 0.186. The van der Waals surface area contributed by atoms with Crippen molar-refractivity contribution in [3.05, 3.63) is 114 Å². The molecule has 8 heteroatoms. The monoisotopic (exact) mass is 462 g/mol. The molecule has 0 bridgehead atoms. The third kappa shape index (κ3) is 6.14. The molecule has 0 aliphatic carbocycles. The molecule has 5 rings (SSSR count).